The van der Waals surface area contributed by atoms with Crippen LogP contribution in [0.1, 0.15) is 29.1 Å². The fourth-order valence-corrected chi connectivity index (χ4v) is 4.16. The molecule has 212 valence electrons. The van der Waals surface area contributed by atoms with Gasteiger partial charge in [-0.2, -0.15) is 0 Å². The number of carboxylic acids is 1. The van der Waals surface area contributed by atoms with E-state index in [-0.39, 0.29) is 11.3 Å². The van der Waals surface area contributed by atoms with Gasteiger partial charge in [-0.15, -0.1) is 5.10 Å². The third-order valence-electron chi connectivity index (χ3n) is 6.28. The van der Waals surface area contributed by atoms with Crippen molar-refractivity contribution in [2.75, 3.05) is 5.32 Å². The zero-order valence-electron chi connectivity index (χ0n) is 22.3. The summed E-state index contributed by atoms with van der Waals surface area (Å²) in [5.74, 6) is -4.22. The summed E-state index contributed by atoms with van der Waals surface area (Å²) in [5.41, 5.74) is 1.99. The van der Waals surface area contributed by atoms with Gasteiger partial charge in [-0.05, 0) is 47.9 Å². The quantitative estimate of drug-likeness (QED) is 0.213. The summed E-state index contributed by atoms with van der Waals surface area (Å²) in [6.07, 6.45) is 0.0504. The van der Waals surface area contributed by atoms with Crippen LogP contribution in [-0.2, 0) is 11.8 Å². The lowest BCUT2D eigenvalue weighted by atomic mass is 10.0. The Morgan fingerprint density at radius 2 is 1.60 bits per heavy atom. The van der Waals surface area contributed by atoms with Crippen LogP contribution < -0.4 is 10.1 Å². The lowest BCUT2D eigenvalue weighted by Crippen LogP contribution is -2.18. The molecule has 5 aromatic rings. The number of anilines is 1. The number of nitrogens with zero attached hydrogens (tertiary/aromatic N) is 4. The highest BCUT2D eigenvalue weighted by atomic mass is 19.1. The van der Waals surface area contributed by atoms with E-state index in [2.05, 4.69) is 20.6 Å². The van der Waals surface area contributed by atoms with E-state index in [0.717, 1.165) is 17.7 Å². The van der Waals surface area contributed by atoms with Gasteiger partial charge in [0.15, 0.2) is 34.6 Å². The van der Waals surface area contributed by atoms with Crippen LogP contribution in [0.5, 0.6) is 11.5 Å². The second-order valence-corrected chi connectivity index (χ2v) is 9.10. The molecule has 10 nitrogen and oxygen atoms in total. The van der Waals surface area contributed by atoms with E-state index < -0.39 is 41.2 Å². The Morgan fingerprint density at radius 1 is 0.929 bits per heavy atom. The Balaban J connectivity index is 1.34. The van der Waals surface area contributed by atoms with E-state index in [1.807, 2.05) is 30.3 Å². The first kappa shape index (κ1) is 27.9. The Bertz CT molecular complexity index is 1740. The van der Waals surface area contributed by atoms with Crippen molar-refractivity contribution in [2.24, 2.45) is 7.05 Å². The van der Waals surface area contributed by atoms with Crippen LogP contribution in [0.3, 0.4) is 0 Å². The normalized spacial score (nSPS) is 11.5. The van der Waals surface area contributed by atoms with Crippen LogP contribution in [0, 0.1) is 11.6 Å². The number of aromatic carboxylic acids is 1. The van der Waals surface area contributed by atoms with E-state index in [0.29, 0.717) is 22.6 Å². The third-order valence-corrected chi connectivity index (χ3v) is 6.28. The van der Waals surface area contributed by atoms with Crippen LogP contribution in [-0.4, -0.2) is 37.1 Å². The smallest absolute Gasteiger partial charge is 0.413 e. The molecular formula is C30H23F2N5O5. The number of nitrogens with one attached hydrogen (secondary N) is 1. The van der Waals surface area contributed by atoms with Gasteiger partial charge in [-0.1, -0.05) is 59.8 Å². The molecule has 42 heavy (non-hydrogen) atoms. The average molecular weight is 572 g/mol. The zero-order valence-corrected chi connectivity index (χ0v) is 22.3. The highest BCUT2D eigenvalue weighted by Gasteiger charge is 2.21. The molecule has 0 aliphatic heterocycles. The Morgan fingerprint density at radius 3 is 2.26 bits per heavy atom. The second-order valence-electron chi connectivity index (χ2n) is 9.10. The third kappa shape index (κ3) is 5.92. The number of hydrogen-bond acceptors (Lipinski definition) is 7. The molecule has 2 N–H and O–H groups in total. The number of carbonyl (C=O) groups excluding carboxylic acids is 1. The summed E-state index contributed by atoms with van der Waals surface area (Å²) in [6, 6.07) is 20.6. The standard InChI is InChI=1S/C30H23F2N5O5/c1-17(18-7-4-3-5-8-18)41-30(40)34-28-25(35-36-37(28)2)20-12-10-19(11-13-20)21-15-22(31)27(23(32)16-21)42-24-9-6-14-33-26(24)29(38)39/h3-17H,1-2H3,(H,34,40)(H,38,39)/t17-/m1/s1. The van der Waals surface area contributed by atoms with Crippen LogP contribution in [0.25, 0.3) is 22.4 Å². The first-order chi connectivity index (χ1) is 20.2. The molecule has 0 aliphatic carbocycles. The molecule has 12 heteroatoms. The Kier molecular flexibility index (Phi) is 7.87. The van der Waals surface area contributed by atoms with Crippen molar-refractivity contribution < 1.29 is 33.0 Å². The monoisotopic (exact) mass is 571 g/mol. The predicted octanol–water partition coefficient (Wildman–Crippen LogP) is 6.62. The fourth-order valence-electron chi connectivity index (χ4n) is 4.16. The molecule has 2 aromatic heterocycles. The highest BCUT2D eigenvalue weighted by Crippen LogP contribution is 2.34. The van der Waals surface area contributed by atoms with Gasteiger partial charge >= 0.3 is 12.1 Å². The molecule has 0 unspecified atom stereocenters. The summed E-state index contributed by atoms with van der Waals surface area (Å²) in [7, 11) is 1.61. The van der Waals surface area contributed by atoms with Crippen molar-refractivity contribution in [1.82, 2.24) is 20.0 Å². The maximum absolute atomic E-state index is 14.9. The number of pyridine rings is 1. The van der Waals surface area contributed by atoms with E-state index in [1.165, 1.54) is 23.0 Å². The zero-order chi connectivity index (χ0) is 29.8. The Labute approximate surface area is 238 Å². The first-order valence-corrected chi connectivity index (χ1v) is 12.6. The number of amides is 1. The van der Waals surface area contributed by atoms with Gasteiger partial charge in [-0.25, -0.2) is 28.0 Å². The van der Waals surface area contributed by atoms with Gasteiger partial charge in [-0.3, -0.25) is 5.32 Å². The predicted molar refractivity (Wildman–Crippen MR) is 148 cm³/mol. The number of halogens is 2. The van der Waals surface area contributed by atoms with Gasteiger partial charge in [0, 0.05) is 18.8 Å². The van der Waals surface area contributed by atoms with Crippen molar-refractivity contribution in [2.45, 2.75) is 13.0 Å². The topological polar surface area (TPSA) is 128 Å². The lowest BCUT2D eigenvalue weighted by molar-refractivity contribution is 0.0687. The summed E-state index contributed by atoms with van der Waals surface area (Å²) >= 11 is 0. The molecule has 5 rings (SSSR count). The molecule has 0 bridgehead atoms. The molecule has 3 aromatic carbocycles. The van der Waals surface area contributed by atoms with Crippen molar-refractivity contribution in [1.29, 1.82) is 0 Å². The fraction of sp³-hybridized carbons (Fsp3) is 0.100. The lowest BCUT2D eigenvalue weighted by Gasteiger charge is -2.14. The molecule has 1 amide bonds. The number of aromatic nitrogens is 4. The summed E-state index contributed by atoms with van der Waals surface area (Å²) < 4.78 is 42.0. The maximum Gasteiger partial charge on any atom is 0.413 e. The highest BCUT2D eigenvalue weighted by molar-refractivity contribution is 5.89. The molecule has 0 fully saturated rings. The summed E-state index contributed by atoms with van der Waals surface area (Å²) in [6.45, 7) is 1.76. The molecule has 0 saturated heterocycles. The molecule has 0 spiro atoms. The van der Waals surface area contributed by atoms with Crippen LogP contribution >= 0.6 is 0 Å². The van der Waals surface area contributed by atoms with Gasteiger partial charge in [0.1, 0.15) is 11.8 Å². The van der Waals surface area contributed by atoms with Crippen LogP contribution in [0.15, 0.2) is 85.1 Å². The van der Waals surface area contributed by atoms with Gasteiger partial charge < -0.3 is 14.6 Å². The van der Waals surface area contributed by atoms with E-state index in [1.54, 1.807) is 38.2 Å². The second kappa shape index (κ2) is 11.8. The number of aryl methyl sites for hydroxylation is 1. The number of ether oxygens (including phenoxy) is 2. The van der Waals surface area contributed by atoms with E-state index in [4.69, 9.17) is 9.47 Å². The van der Waals surface area contributed by atoms with Gasteiger partial charge in [0.25, 0.3) is 0 Å². The van der Waals surface area contributed by atoms with Crippen molar-refractivity contribution in [3.63, 3.8) is 0 Å². The minimum absolute atomic E-state index is 0.213. The number of hydrogen-bond donors (Lipinski definition) is 2. The maximum atomic E-state index is 14.9. The molecule has 0 aliphatic rings. The molecular weight excluding hydrogens is 548 g/mol. The minimum atomic E-state index is -1.40. The molecule has 2 heterocycles. The van der Waals surface area contributed by atoms with Gasteiger partial charge in [0.05, 0.1) is 0 Å². The van der Waals surface area contributed by atoms with Crippen molar-refractivity contribution in [3.05, 3.63) is 108 Å². The minimum Gasteiger partial charge on any atom is -0.476 e. The number of carboxylic acid groups (broad SMARTS) is 1. The average Bonchev–Trinajstić information content (AvgIpc) is 3.34. The van der Waals surface area contributed by atoms with Gasteiger partial charge in [0.2, 0.25) is 0 Å². The number of carbonyl (C=O) groups is 2. The first-order valence-electron chi connectivity index (χ1n) is 12.6. The van der Waals surface area contributed by atoms with Crippen molar-refractivity contribution in [3.8, 4) is 33.9 Å². The number of benzene rings is 3. The van der Waals surface area contributed by atoms with E-state index >= 15 is 0 Å². The molecule has 1 atom stereocenters. The largest absolute Gasteiger partial charge is 0.476 e. The molecule has 0 radical (unpaired) electrons. The van der Waals surface area contributed by atoms with Crippen LogP contribution in [0.4, 0.5) is 19.4 Å². The number of rotatable bonds is 8. The summed E-state index contributed by atoms with van der Waals surface area (Å²) in [5, 5.41) is 20.1. The molecule has 0 saturated carbocycles. The SMILES string of the molecule is C[C@@H](OC(=O)Nc1c(-c2ccc(-c3cc(F)c(Oc4cccnc4C(=O)O)c(F)c3)cc2)nnn1C)c1ccccc1. The van der Waals surface area contributed by atoms with Crippen LogP contribution in [0.2, 0.25) is 0 Å². The Hall–Kier alpha value is -5.65. The van der Waals surface area contributed by atoms with Crippen molar-refractivity contribution >= 4 is 17.9 Å². The summed E-state index contributed by atoms with van der Waals surface area (Å²) in [4.78, 5) is 27.6. The van der Waals surface area contributed by atoms with E-state index in [9.17, 15) is 23.5 Å².